The molecule has 0 aliphatic carbocycles. The molecule has 0 amide bonds. The number of hydrogen-bond acceptors (Lipinski definition) is 4. The summed E-state index contributed by atoms with van der Waals surface area (Å²) in [4.78, 5) is 9.15. The number of fused-ring (bicyclic) bond motifs is 1. The van der Waals surface area contributed by atoms with E-state index in [4.69, 9.17) is 4.74 Å². The number of aromatic nitrogens is 3. The molecule has 0 unspecified atom stereocenters. The molecule has 130 valence electrons. The van der Waals surface area contributed by atoms with Crippen molar-refractivity contribution in [1.82, 2.24) is 14.5 Å². The lowest BCUT2D eigenvalue weighted by atomic mass is 10.1. The van der Waals surface area contributed by atoms with Crippen molar-refractivity contribution in [2.24, 2.45) is 0 Å². The summed E-state index contributed by atoms with van der Waals surface area (Å²) in [5.41, 5.74) is 4.62. The van der Waals surface area contributed by atoms with Crippen LogP contribution in [0.25, 0.3) is 16.7 Å². The number of nitrogens with one attached hydrogen (secondary N) is 1. The SMILES string of the molecule is CCc1cn(-c2cccc(C)c2)c2ncnc(NC3CCOCC3)c12. The predicted octanol–water partition coefficient (Wildman–Crippen LogP) is 3.88. The number of ether oxygens (including phenoxy) is 1. The second-order valence-corrected chi connectivity index (χ2v) is 6.67. The molecular formula is C20H24N4O. The Morgan fingerprint density at radius 3 is 2.84 bits per heavy atom. The van der Waals surface area contributed by atoms with Gasteiger partial charge in [0, 0.05) is 31.1 Å². The summed E-state index contributed by atoms with van der Waals surface area (Å²) in [7, 11) is 0. The summed E-state index contributed by atoms with van der Waals surface area (Å²) in [6.45, 7) is 5.93. The van der Waals surface area contributed by atoms with Gasteiger partial charge in [-0.15, -0.1) is 0 Å². The highest BCUT2D eigenvalue weighted by atomic mass is 16.5. The van der Waals surface area contributed by atoms with E-state index >= 15 is 0 Å². The molecule has 4 rings (SSSR count). The zero-order valence-corrected chi connectivity index (χ0v) is 14.8. The molecule has 1 aliphatic heterocycles. The lowest BCUT2D eigenvalue weighted by molar-refractivity contribution is 0.0904. The maximum atomic E-state index is 5.47. The van der Waals surface area contributed by atoms with Crippen LogP contribution < -0.4 is 5.32 Å². The lowest BCUT2D eigenvalue weighted by Gasteiger charge is -2.24. The first kappa shape index (κ1) is 16.1. The minimum atomic E-state index is 0.416. The van der Waals surface area contributed by atoms with Crippen LogP contribution in [0.2, 0.25) is 0 Å². The van der Waals surface area contributed by atoms with Gasteiger partial charge in [-0.25, -0.2) is 9.97 Å². The molecule has 0 spiro atoms. The van der Waals surface area contributed by atoms with E-state index in [0.717, 1.165) is 55.0 Å². The van der Waals surface area contributed by atoms with Gasteiger partial charge in [0.1, 0.15) is 17.8 Å². The molecule has 5 nitrogen and oxygen atoms in total. The van der Waals surface area contributed by atoms with Crippen molar-refractivity contribution >= 4 is 16.9 Å². The maximum Gasteiger partial charge on any atom is 0.150 e. The van der Waals surface area contributed by atoms with Crippen LogP contribution in [0.1, 0.15) is 30.9 Å². The van der Waals surface area contributed by atoms with Gasteiger partial charge < -0.3 is 14.6 Å². The number of hydrogen-bond donors (Lipinski definition) is 1. The Hall–Kier alpha value is -2.40. The van der Waals surface area contributed by atoms with Crippen LogP contribution in [0, 0.1) is 6.92 Å². The minimum absolute atomic E-state index is 0.416. The largest absolute Gasteiger partial charge is 0.381 e. The van der Waals surface area contributed by atoms with Gasteiger partial charge in [-0.1, -0.05) is 19.1 Å². The van der Waals surface area contributed by atoms with Gasteiger partial charge in [-0.05, 0) is 49.4 Å². The number of nitrogens with zero attached hydrogens (tertiary/aromatic N) is 3. The Kier molecular flexibility index (Phi) is 4.40. The molecule has 1 aromatic carbocycles. The summed E-state index contributed by atoms with van der Waals surface area (Å²) in [6, 6.07) is 8.93. The molecule has 2 aromatic heterocycles. The average molecular weight is 336 g/mol. The van der Waals surface area contributed by atoms with Gasteiger partial charge in [-0.2, -0.15) is 0 Å². The van der Waals surface area contributed by atoms with E-state index in [0.29, 0.717) is 6.04 Å². The van der Waals surface area contributed by atoms with E-state index < -0.39 is 0 Å². The lowest BCUT2D eigenvalue weighted by Crippen LogP contribution is -2.28. The average Bonchev–Trinajstić information content (AvgIpc) is 3.02. The van der Waals surface area contributed by atoms with E-state index in [1.54, 1.807) is 6.33 Å². The topological polar surface area (TPSA) is 52.0 Å². The van der Waals surface area contributed by atoms with Gasteiger partial charge in [0.2, 0.25) is 0 Å². The quantitative estimate of drug-likeness (QED) is 0.785. The molecule has 25 heavy (non-hydrogen) atoms. The maximum absolute atomic E-state index is 5.47. The zero-order valence-electron chi connectivity index (χ0n) is 14.8. The van der Waals surface area contributed by atoms with E-state index in [1.807, 2.05) is 0 Å². The molecule has 1 saturated heterocycles. The third-order valence-electron chi connectivity index (χ3n) is 4.88. The van der Waals surface area contributed by atoms with Gasteiger partial charge in [0.15, 0.2) is 0 Å². The summed E-state index contributed by atoms with van der Waals surface area (Å²) in [6.07, 6.45) is 6.85. The van der Waals surface area contributed by atoms with E-state index in [2.05, 4.69) is 64.2 Å². The predicted molar refractivity (Wildman–Crippen MR) is 100 cm³/mol. The first-order valence-electron chi connectivity index (χ1n) is 9.02. The Bertz CT molecular complexity index is 881. The van der Waals surface area contributed by atoms with Crippen molar-refractivity contribution in [3.63, 3.8) is 0 Å². The Labute approximate surface area is 148 Å². The fourth-order valence-electron chi connectivity index (χ4n) is 3.52. The van der Waals surface area contributed by atoms with E-state index in [9.17, 15) is 0 Å². The van der Waals surface area contributed by atoms with Gasteiger partial charge in [0.25, 0.3) is 0 Å². The molecule has 3 aromatic rings. The third-order valence-corrected chi connectivity index (χ3v) is 4.88. The van der Waals surface area contributed by atoms with Gasteiger partial charge in [0.05, 0.1) is 5.39 Å². The molecule has 0 bridgehead atoms. The molecule has 0 atom stereocenters. The van der Waals surface area contributed by atoms with Crippen LogP contribution in [-0.4, -0.2) is 33.8 Å². The van der Waals surface area contributed by atoms with Crippen LogP contribution >= 0.6 is 0 Å². The van der Waals surface area contributed by atoms with Gasteiger partial charge in [-0.3, -0.25) is 0 Å². The number of anilines is 1. The highest BCUT2D eigenvalue weighted by molar-refractivity contribution is 5.92. The Balaban J connectivity index is 1.80. The van der Waals surface area contributed by atoms with Crippen molar-refractivity contribution in [2.45, 2.75) is 39.2 Å². The molecule has 0 saturated carbocycles. The normalized spacial score (nSPS) is 15.6. The second-order valence-electron chi connectivity index (χ2n) is 6.67. The molecule has 1 N–H and O–H groups in total. The van der Waals surface area contributed by atoms with Crippen LogP contribution in [-0.2, 0) is 11.2 Å². The number of rotatable bonds is 4. The van der Waals surface area contributed by atoms with Crippen molar-refractivity contribution in [1.29, 1.82) is 0 Å². The monoisotopic (exact) mass is 336 g/mol. The second kappa shape index (κ2) is 6.84. The van der Waals surface area contributed by atoms with Crippen molar-refractivity contribution in [3.8, 4) is 5.69 Å². The third kappa shape index (κ3) is 3.12. The van der Waals surface area contributed by atoms with Crippen LogP contribution in [0.4, 0.5) is 5.82 Å². The molecular weight excluding hydrogens is 312 g/mol. The summed E-state index contributed by atoms with van der Waals surface area (Å²) in [5.74, 6) is 0.945. The van der Waals surface area contributed by atoms with E-state index in [1.165, 1.54) is 11.1 Å². The highest BCUT2D eigenvalue weighted by Crippen LogP contribution is 2.30. The Morgan fingerprint density at radius 1 is 1.24 bits per heavy atom. The molecule has 0 radical (unpaired) electrons. The fourth-order valence-corrected chi connectivity index (χ4v) is 3.52. The van der Waals surface area contributed by atoms with E-state index in [-0.39, 0.29) is 0 Å². The zero-order chi connectivity index (χ0) is 17.2. The highest BCUT2D eigenvalue weighted by Gasteiger charge is 2.19. The summed E-state index contributed by atoms with van der Waals surface area (Å²) >= 11 is 0. The van der Waals surface area contributed by atoms with Crippen molar-refractivity contribution in [2.75, 3.05) is 18.5 Å². The Morgan fingerprint density at radius 2 is 2.08 bits per heavy atom. The fraction of sp³-hybridized carbons (Fsp3) is 0.400. The molecule has 1 fully saturated rings. The molecule has 1 aliphatic rings. The summed E-state index contributed by atoms with van der Waals surface area (Å²) in [5, 5.41) is 4.77. The van der Waals surface area contributed by atoms with Crippen molar-refractivity contribution < 1.29 is 4.74 Å². The van der Waals surface area contributed by atoms with Crippen molar-refractivity contribution in [3.05, 3.63) is 47.9 Å². The smallest absolute Gasteiger partial charge is 0.150 e. The minimum Gasteiger partial charge on any atom is -0.381 e. The number of benzene rings is 1. The van der Waals surface area contributed by atoms with Crippen LogP contribution in [0.5, 0.6) is 0 Å². The first-order chi connectivity index (χ1) is 12.3. The molecule has 5 heteroatoms. The molecule has 3 heterocycles. The summed E-state index contributed by atoms with van der Waals surface area (Å²) < 4.78 is 7.64. The van der Waals surface area contributed by atoms with Gasteiger partial charge >= 0.3 is 0 Å². The van der Waals surface area contributed by atoms with Crippen LogP contribution in [0.15, 0.2) is 36.8 Å². The van der Waals surface area contributed by atoms with Crippen LogP contribution in [0.3, 0.4) is 0 Å². The first-order valence-corrected chi connectivity index (χ1v) is 9.02. The standard InChI is InChI=1S/C20H24N4O/c1-3-15-12-24(17-6-4-5-14(2)11-17)20-18(15)19(21-13-22-20)23-16-7-9-25-10-8-16/h4-6,11-13,16H,3,7-10H2,1-2H3,(H,21,22,23). The number of aryl methyl sites for hydroxylation is 2.